The first-order chi connectivity index (χ1) is 9.25. The Kier molecular flexibility index (Phi) is 2.91. The molecule has 20 heavy (non-hydrogen) atoms. The van der Waals surface area contributed by atoms with E-state index in [-0.39, 0.29) is 17.4 Å². The van der Waals surface area contributed by atoms with Crippen molar-refractivity contribution >= 4 is 22.4 Å². The number of fused-ring (bicyclic) bond motifs is 2. The first-order valence-electron chi connectivity index (χ1n) is 7.29. The second-order valence-electron chi connectivity index (χ2n) is 7.10. The lowest BCUT2D eigenvalue weighted by molar-refractivity contribution is 0.0829. The van der Waals surface area contributed by atoms with Gasteiger partial charge in [0.15, 0.2) is 5.13 Å². The number of hydrogen-bond donors (Lipinski definition) is 2. The van der Waals surface area contributed by atoms with E-state index in [1.165, 1.54) is 24.2 Å². The number of amides is 1. The van der Waals surface area contributed by atoms with Crippen molar-refractivity contribution in [2.24, 2.45) is 16.7 Å². The molecule has 2 bridgehead atoms. The Bertz CT molecular complexity index is 565. The van der Waals surface area contributed by atoms with E-state index in [0.29, 0.717) is 15.4 Å². The molecule has 3 N–H and O–H groups in total. The topological polar surface area (TPSA) is 68.0 Å². The molecule has 1 aromatic heterocycles. The van der Waals surface area contributed by atoms with Gasteiger partial charge in [-0.3, -0.25) is 4.79 Å². The Labute approximate surface area is 124 Å². The van der Waals surface area contributed by atoms with Crippen LogP contribution in [0.1, 0.15) is 55.4 Å². The molecular formula is C15H23N3OS. The van der Waals surface area contributed by atoms with E-state index >= 15 is 0 Å². The number of hydrogen-bond acceptors (Lipinski definition) is 4. The van der Waals surface area contributed by atoms with E-state index in [0.717, 1.165) is 18.0 Å². The van der Waals surface area contributed by atoms with Crippen molar-refractivity contribution in [3.05, 3.63) is 10.6 Å². The van der Waals surface area contributed by atoms with Gasteiger partial charge in [0, 0.05) is 6.04 Å². The van der Waals surface area contributed by atoms with Crippen molar-refractivity contribution in [1.82, 2.24) is 10.3 Å². The van der Waals surface area contributed by atoms with Gasteiger partial charge < -0.3 is 11.1 Å². The summed E-state index contributed by atoms with van der Waals surface area (Å²) in [7, 11) is 0. The normalized spacial score (nSPS) is 34.4. The van der Waals surface area contributed by atoms with Crippen LogP contribution >= 0.6 is 11.3 Å². The van der Waals surface area contributed by atoms with Gasteiger partial charge in [-0.05, 0) is 42.9 Å². The maximum Gasteiger partial charge on any atom is 0.263 e. The monoisotopic (exact) mass is 293 g/mol. The number of nitrogens with zero attached hydrogens (tertiary/aromatic N) is 1. The highest BCUT2D eigenvalue weighted by atomic mass is 32.1. The van der Waals surface area contributed by atoms with E-state index in [1.54, 1.807) is 0 Å². The molecule has 2 aliphatic rings. The summed E-state index contributed by atoms with van der Waals surface area (Å²) in [5, 5.41) is 3.72. The van der Waals surface area contributed by atoms with E-state index < -0.39 is 0 Å². The molecule has 2 fully saturated rings. The van der Waals surface area contributed by atoms with E-state index in [2.05, 4.69) is 31.1 Å². The summed E-state index contributed by atoms with van der Waals surface area (Å²) in [5.74, 6) is 0.719. The third kappa shape index (κ3) is 1.72. The van der Waals surface area contributed by atoms with Crippen LogP contribution in [0, 0.1) is 23.7 Å². The highest BCUT2D eigenvalue weighted by molar-refractivity contribution is 7.17. The predicted octanol–water partition coefficient (Wildman–Crippen LogP) is 2.98. The number of aromatic nitrogens is 1. The molecule has 0 saturated heterocycles. The zero-order chi connectivity index (χ0) is 14.7. The van der Waals surface area contributed by atoms with Crippen molar-refractivity contribution in [3.63, 3.8) is 0 Å². The summed E-state index contributed by atoms with van der Waals surface area (Å²) in [6, 6.07) is 0.270. The third-order valence-corrected chi connectivity index (χ3v) is 7.10. The molecule has 110 valence electrons. The van der Waals surface area contributed by atoms with E-state index in [1.807, 2.05) is 6.92 Å². The number of anilines is 1. The van der Waals surface area contributed by atoms with Crippen LogP contribution in [0.15, 0.2) is 0 Å². The highest BCUT2D eigenvalue weighted by Crippen LogP contribution is 2.65. The fourth-order valence-corrected chi connectivity index (χ4v) is 5.01. The zero-order valence-corrected chi connectivity index (χ0v) is 13.4. The molecule has 0 aliphatic heterocycles. The largest absolute Gasteiger partial charge is 0.375 e. The Hall–Kier alpha value is -1.10. The van der Waals surface area contributed by atoms with Crippen LogP contribution in [0.4, 0.5) is 5.13 Å². The highest BCUT2D eigenvalue weighted by Gasteiger charge is 2.61. The minimum atomic E-state index is -0.00808. The van der Waals surface area contributed by atoms with Gasteiger partial charge in [-0.15, -0.1) is 0 Å². The lowest BCUT2D eigenvalue weighted by Gasteiger charge is -2.39. The molecular weight excluding hydrogens is 270 g/mol. The molecule has 1 heterocycles. The third-order valence-electron chi connectivity index (χ3n) is 6.12. The van der Waals surface area contributed by atoms with Gasteiger partial charge in [0.05, 0.1) is 5.69 Å². The molecule has 2 saturated carbocycles. The SMILES string of the molecule is Cc1nc(N)sc1C(=O)NC1CC2CCC1(C)C2(C)C. The van der Waals surface area contributed by atoms with Crippen LogP contribution in [0.25, 0.3) is 0 Å². The quantitative estimate of drug-likeness (QED) is 0.881. The molecule has 3 atom stereocenters. The molecule has 0 radical (unpaired) electrons. The van der Waals surface area contributed by atoms with Crippen LogP contribution in [-0.4, -0.2) is 16.9 Å². The van der Waals surface area contributed by atoms with Crippen molar-refractivity contribution in [2.45, 2.75) is 53.0 Å². The Morgan fingerprint density at radius 2 is 2.15 bits per heavy atom. The van der Waals surface area contributed by atoms with Gasteiger partial charge in [-0.1, -0.05) is 32.1 Å². The van der Waals surface area contributed by atoms with Gasteiger partial charge in [0.25, 0.3) is 5.91 Å². The predicted molar refractivity (Wildman–Crippen MR) is 81.7 cm³/mol. The van der Waals surface area contributed by atoms with Crippen LogP contribution in [0.5, 0.6) is 0 Å². The molecule has 4 nitrogen and oxygen atoms in total. The molecule has 3 rings (SSSR count). The van der Waals surface area contributed by atoms with Crippen LogP contribution < -0.4 is 11.1 Å². The number of carbonyl (C=O) groups excluding carboxylic acids is 1. The fraction of sp³-hybridized carbons (Fsp3) is 0.733. The van der Waals surface area contributed by atoms with Gasteiger partial charge >= 0.3 is 0 Å². The number of rotatable bonds is 2. The maximum absolute atomic E-state index is 12.5. The molecule has 3 unspecified atom stereocenters. The number of nitrogens with two attached hydrogens (primary N) is 1. The van der Waals surface area contributed by atoms with Crippen molar-refractivity contribution < 1.29 is 4.79 Å². The van der Waals surface area contributed by atoms with E-state index in [4.69, 9.17) is 5.73 Å². The Balaban J connectivity index is 1.80. The number of thiazole rings is 1. The summed E-state index contributed by atoms with van der Waals surface area (Å²) in [6.07, 6.45) is 3.60. The zero-order valence-electron chi connectivity index (χ0n) is 12.6. The molecule has 2 aliphatic carbocycles. The molecule has 5 heteroatoms. The van der Waals surface area contributed by atoms with Gasteiger partial charge in [0.1, 0.15) is 4.88 Å². The summed E-state index contributed by atoms with van der Waals surface area (Å²) >= 11 is 1.28. The Morgan fingerprint density at radius 1 is 1.45 bits per heavy atom. The molecule has 0 aromatic carbocycles. The summed E-state index contributed by atoms with van der Waals surface area (Å²) in [6.45, 7) is 8.88. The molecule has 0 spiro atoms. The molecule has 1 aromatic rings. The first-order valence-corrected chi connectivity index (χ1v) is 8.11. The summed E-state index contributed by atoms with van der Waals surface area (Å²) < 4.78 is 0. The number of carbonyl (C=O) groups is 1. The van der Waals surface area contributed by atoms with Gasteiger partial charge in [-0.2, -0.15) is 0 Å². The van der Waals surface area contributed by atoms with Crippen molar-refractivity contribution in [2.75, 3.05) is 5.73 Å². The standard InChI is InChI=1S/C15H23N3OS/c1-8-11(20-13(16)17-8)12(19)18-10-7-9-5-6-15(10,4)14(9,2)3/h9-10H,5-7H2,1-4H3,(H2,16,17)(H,18,19). The van der Waals surface area contributed by atoms with Crippen molar-refractivity contribution in [3.8, 4) is 0 Å². The number of nitrogen functional groups attached to an aromatic ring is 1. The van der Waals surface area contributed by atoms with Crippen LogP contribution in [-0.2, 0) is 0 Å². The number of nitrogens with one attached hydrogen (secondary N) is 1. The van der Waals surface area contributed by atoms with Crippen LogP contribution in [0.3, 0.4) is 0 Å². The minimum absolute atomic E-state index is 0.00808. The first kappa shape index (κ1) is 13.9. The average molecular weight is 293 g/mol. The minimum Gasteiger partial charge on any atom is -0.375 e. The average Bonchev–Trinajstić information content (AvgIpc) is 2.86. The van der Waals surface area contributed by atoms with Crippen LogP contribution in [0.2, 0.25) is 0 Å². The number of aryl methyl sites for hydroxylation is 1. The fourth-order valence-electron chi connectivity index (χ4n) is 4.27. The van der Waals surface area contributed by atoms with Crippen molar-refractivity contribution in [1.29, 1.82) is 0 Å². The Morgan fingerprint density at radius 3 is 2.60 bits per heavy atom. The summed E-state index contributed by atoms with van der Waals surface area (Å²) in [5.41, 5.74) is 6.93. The van der Waals surface area contributed by atoms with Gasteiger partial charge in [-0.25, -0.2) is 4.98 Å². The molecule has 1 amide bonds. The summed E-state index contributed by atoms with van der Waals surface area (Å²) in [4.78, 5) is 17.3. The smallest absolute Gasteiger partial charge is 0.263 e. The second kappa shape index (κ2) is 4.20. The lowest BCUT2D eigenvalue weighted by Crippen LogP contribution is -2.46. The van der Waals surface area contributed by atoms with E-state index in [9.17, 15) is 4.79 Å². The maximum atomic E-state index is 12.5. The van der Waals surface area contributed by atoms with Gasteiger partial charge in [0.2, 0.25) is 0 Å². The second-order valence-corrected chi connectivity index (χ2v) is 8.13. The lowest BCUT2D eigenvalue weighted by atomic mass is 9.69.